The molecule has 0 aliphatic rings. The highest BCUT2D eigenvalue weighted by molar-refractivity contribution is 7.89. The van der Waals surface area contributed by atoms with E-state index in [2.05, 4.69) is 4.72 Å². The van der Waals surface area contributed by atoms with Gasteiger partial charge in [-0.3, -0.25) is 0 Å². The predicted octanol–water partition coefficient (Wildman–Crippen LogP) is 2.98. The number of benzene rings is 2. The van der Waals surface area contributed by atoms with E-state index in [9.17, 15) is 8.42 Å². The molecule has 0 saturated heterocycles. The van der Waals surface area contributed by atoms with Crippen LogP contribution in [0.15, 0.2) is 65.6 Å². The van der Waals surface area contributed by atoms with E-state index in [0.717, 1.165) is 11.1 Å². The third-order valence-corrected chi connectivity index (χ3v) is 4.96. The second kappa shape index (κ2) is 9.48. The zero-order valence-electron chi connectivity index (χ0n) is 14.4. The van der Waals surface area contributed by atoms with Gasteiger partial charge in [0.25, 0.3) is 0 Å². The molecule has 1 atom stereocenters. The molecule has 0 radical (unpaired) electrons. The molecule has 0 amide bonds. The number of sulfonamides is 1. The Kier molecular flexibility index (Phi) is 7.33. The Morgan fingerprint density at radius 3 is 2.40 bits per heavy atom. The molecule has 25 heavy (non-hydrogen) atoms. The van der Waals surface area contributed by atoms with Crippen molar-refractivity contribution in [2.75, 3.05) is 20.5 Å². The standard InChI is InChI=1S/C19H23NO4S/c1-16-8-12-19(13-9-16)25(21,22)20-18(14-24-15-23-2)11-10-17-6-4-3-5-7-17/h3-13,18,20H,14-15H2,1-2H3/b11-10+/t18-/m1/s1. The molecule has 0 heterocycles. The van der Waals surface area contributed by atoms with Gasteiger partial charge in [0.15, 0.2) is 0 Å². The molecule has 0 fully saturated rings. The van der Waals surface area contributed by atoms with Crippen molar-refractivity contribution in [1.82, 2.24) is 4.72 Å². The van der Waals surface area contributed by atoms with Gasteiger partial charge in [-0.25, -0.2) is 13.1 Å². The van der Waals surface area contributed by atoms with Gasteiger partial charge in [0, 0.05) is 7.11 Å². The normalized spacial score (nSPS) is 13.2. The van der Waals surface area contributed by atoms with Gasteiger partial charge < -0.3 is 9.47 Å². The Morgan fingerprint density at radius 2 is 1.76 bits per heavy atom. The Bertz CT molecular complexity index is 771. The average Bonchev–Trinajstić information content (AvgIpc) is 2.61. The molecule has 0 aromatic heterocycles. The maximum Gasteiger partial charge on any atom is 0.241 e. The lowest BCUT2D eigenvalue weighted by Gasteiger charge is -2.16. The van der Waals surface area contributed by atoms with Crippen LogP contribution >= 0.6 is 0 Å². The minimum absolute atomic E-state index is 0.0991. The smallest absolute Gasteiger partial charge is 0.241 e. The highest BCUT2D eigenvalue weighted by Crippen LogP contribution is 2.11. The predicted molar refractivity (Wildman–Crippen MR) is 98.6 cm³/mol. The van der Waals surface area contributed by atoms with Crippen LogP contribution in [0.5, 0.6) is 0 Å². The van der Waals surface area contributed by atoms with E-state index in [1.54, 1.807) is 30.3 Å². The fourth-order valence-electron chi connectivity index (χ4n) is 2.16. The van der Waals surface area contributed by atoms with Crippen LogP contribution in [-0.2, 0) is 19.5 Å². The van der Waals surface area contributed by atoms with Gasteiger partial charge in [0.05, 0.1) is 17.5 Å². The van der Waals surface area contributed by atoms with Crippen LogP contribution in [0.25, 0.3) is 6.08 Å². The van der Waals surface area contributed by atoms with Crippen LogP contribution in [0, 0.1) is 6.92 Å². The number of nitrogens with one attached hydrogen (secondary N) is 1. The third kappa shape index (κ3) is 6.43. The summed E-state index contributed by atoms with van der Waals surface area (Å²) in [7, 11) is -2.12. The topological polar surface area (TPSA) is 64.6 Å². The van der Waals surface area contributed by atoms with Crippen molar-refractivity contribution >= 4 is 16.1 Å². The molecule has 134 valence electrons. The highest BCUT2D eigenvalue weighted by Gasteiger charge is 2.18. The SMILES string of the molecule is COCOC[C@@H](/C=C/c1ccccc1)NS(=O)(=O)c1ccc(C)cc1. The second-order valence-corrected chi connectivity index (χ2v) is 7.30. The van der Waals surface area contributed by atoms with Gasteiger partial charge in [-0.05, 0) is 24.6 Å². The van der Waals surface area contributed by atoms with Crippen molar-refractivity contribution < 1.29 is 17.9 Å². The van der Waals surface area contributed by atoms with Gasteiger partial charge >= 0.3 is 0 Å². The summed E-state index contributed by atoms with van der Waals surface area (Å²) in [5.41, 5.74) is 1.98. The summed E-state index contributed by atoms with van der Waals surface area (Å²) in [4.78, 5) is 0.225. The highest BCUT2D eigenvalue weighted by atomic mass is 32.2. The minimum Gasteiger partial charge on any atom is -0.359 e. The lowest BCUT2D eigenvalue weighted by molar-refractivity contribution is -0.0328. The number of hydrogen-bond acceptors (Lipinski definition) is 4. The van der Waals surface area contributed by atoms with Crippen molar-refractivity contribution in [2.45, 2.75) is 17.9 Å². The van der Waals surface area contributed by atoms with Crippen LogP contribution in [0.4, 0.5) is 0 Å². The van der Waals surface area contributed by atoms with Crippen LogP contribution < -0.4 is 4.72 Å². The van der Waals surface area contributed by atoms with E-state index in [1.807, 2.05) is 43.3 Å². The zero-order chi connectivity index (χ0) is 18.1. The van der Waals surface area contributed by atoms with E-state index in [1.165, 1.54) is 7.11 Å². The van der Waals surface area contributed by atoms with Crippen LogP contribution in [0.3, 0.4) is 0 Å². The maximum absolute atomic E-state index is 12.6. The van der Waals surface area contributed by atoms with Gasteiger partial charge in [0.1, 0.15) is 6.79 Å². The number of methoxy groups -OCH3 is 1. The summed E-state index contributed by atoms with van der Waals surface area (Å²) in [6.07, 6.45) is 3.63. The van der Waals surface area contributed by atoms with Gasteiger partial charge in [-0.2, -0.15) is 0 Å². The Balaban J connectivity index is 2.14. The van der Waals surface area contributed by atoms with Crippen LogP contribution in [-0.4, -0.2) is 35.0 Å². The van der Waals surface area contributed by atoms with Crippen molar-refractivity contribution in [3.8, 4) is 0 Å². The van der Waals surface area contributed by atoms with Gasteiger partial charge in [-0.1, -0.05) is 60.2 Å². The molecule has 0 spiro atoms. The van der Waals surface area contributed by atoms with E-state index in [4.69, 9.17) is 9.47 Å². The molecule has 1 N–H and O–H groups in total. The monoisotopic (exact) mass is 361 g/mol. The quantitative estimate of drug-likeness (QED) is 0.551. The Hall–Kier alpha value is -1.99. The fourth-order valence-corrected chi connectivity index (χ4v) is 3.34. The average molecular weight is 361 g/mol. The molecular formula is C19H23NO4S. The summed E-state index contributed by atoms with van der Waals surface area (Å²) < 4.78 is 38.0. The van der Waals surface area contributed by atoms with E-state index in [0.29, 0.717) is 0 Å². The molecule has 2 aromatic rings. The summed E-state index contributed by atoms with van der Waals surface area (Å²) in [6, 6.07) is 15.9. The first-order valence-corrected chi connectivity index (χ1v) is 9.38. The summed E-state index contributed by atoms with van der Waals surface area (Å²) in [5, 5.41) is 0. The lowest BCUT2D eigenvalue weighted by atomic mass is 10.2. The first-order valence-electron chi connectivity index (χ1n) is 7.90. The molecule has 6 heteroatoms. The number of rotatable bonds is 9. The first-order chi connectivity index (χ1) is 12.0. The largest absolute Gasteiger partial charge is 0.359 e. The van der Waals surface area contributed by atoms with Crippen LogP contribution in [0.2, 0.25) is 0 Å². The third-order valence-electron chi connectivity index (χ3n) is 3.46. The lowest BCUT2D eigenvalue weighted by Crippen LogP contribution is -2.37. The molecule has 5 nitrogen and oxygen atoms in total. The van der Waals surface area contributed by atoms with E-state index in [-0.39, 0.29) is 18.3 Å². The molecule has 0 unspecified atom stereocenters. The van der Waals surface area contributed by atoms with Gasteiger partial charge in [0.2, 0.25) is 10.0 Å². The van der Waals surface area contributed by atoms with Gasteiger partial charge in [-0.15, -0.1) is 0 Å². The molecule has 0 aliphatic heterocycles. The molecular weight excluding hydrogens is 338 g/mol. The summed E-state index contributed by atoms with van der Waals surface area (Å²) in [6.45, 7) is 2.18. The maximum atomic E-state index is 12.6. The van der Waals surface area contributed by atoms with Crippen molar-refractivity contribution in [3.05, 3.63) is 71.8 Å². The van der Waals surface area contributed by atoms with Crippen molar-refractivity contribution in [3.63, 3.8) is 0 Å². The molecule has 0 saturated carbocycles. The van der Waals surface area contributed by atoms with Crippen LogP contribution in [0.1, 0.15) is 11.1 Å². The summed E-state index contributed by atoms with van der Waals surface area (Å²) in [5.74, 6) is 0. The zero-order valence-corrected chi connectivity index (χ0v) is 15.2. The molecule has 0 bridgehead atoms. The van der Waals surface area contributed by atoms with E-state index < -0.39 is 16.1 Å². The van der Waals surface area contributed by atoms with E-state index >= 15 is 0 Å². The number of ether oxygens (including phenoxy) is 2. The number of aryl methyl sites for hydroxylation is 1. The van der Waals surface area contributed by atoms with Crippen molar-refractivity contribution in [1.29, 1.82) is 0 Å². The first kappa shape index (κ1) is 19.3. The second-order valence-electron chi connectivity index (χ2n) is 5.59. The Labute approximate surface area is 149 Å². The molecule has 0 aliphatic carbocycles. The Morgan fingerprint density at radius 1 is 1.08 bits per heavy atom. The number of hydrogen-bond donors (Lipinski definition) is 1. The minimum atomic E-state index is -3.64. The van der Waals surface area contributed by atoms with Crippen molar-refractivity contribution in [2.24, 2.45) is 0 Å². The summed E-state index contributed by atoms with van der Waals surface area (Å²) >= 11 is 0. The fraction of sp³-hybridized carbons (Fsp3) is 0.263. The molecule has 2 aromatic carbocycles. The molecule has 2 rings (SSSR count).